The van der Waals surface area contributed by atoms with Gasteiger partial charge in [0.2, 0.25) is 10.0 Å². The summed E-state index contributed by atoms with van der Waals surface area (Å²) in [7, 11) is -3.43. The van der Waals surface area contributed by atoms with Crippen molar-refractivity contribution < 1.29 is 13.2 Å². The molecule has 0 aliphatic carbocycles. The molecule has 0 saturated carbocycles. The molecule has 0 saturated heterocycles. The monoisotopic (exact) mass is 335 g/mol. The maximum Gasteiger partial charge on any atom is 0.240 e. The fourth-order valence-electron chi connectivity index (χ4n) is 1.36. The van der Waals surface area contributed by atoms with Gasteiger partial charge in [0.25, 0.3) is 0 Å². The Bertz CT molecular complexity index is 488. The van der Waals surface area contributed by atoms with E-state index in [1.807, 2.05) is 0 Å². The normalized spacial score (nSPS) is 11.5. The Morgan fingerprint density at radius 1 is 1.33 bits per heavy atom. The molecule has 0 bridgehead atoms. The zero-order chi connectivity index (χ0) is 13.6. The first-order chi connectivity index (χ1) is 8.51. The van der Waals surface area contributed by atoms with Gasteiger partial charge < -0.3 is 4.74 Å². The topological polar surface area (TPSA) is 55.4 Å². The lowest BCUT2D eigenvalue weighted by Crippen LogP contribution is -2.23. The number of benzene rings is 1. The van der Waals surface area contributed by atoms with Gasteiger partial charge in [0.15, 0.2) is 0 Å². The fourth-order valence-corrected chi connectivity index (χ4v) is 2.78. The number of hydrogen-bond acceptors (Lipinski definition) is 3. The Balaban J connectivity index is 2.93. The van der Waals surface area contributed by atoms with Crippen LogP contribution in [0.3, 0.4) is 0 Å². The van der Waals surface area contributed by atoms with Crippen molar-refractivity contribution in [1.82, 2.24) is 4.72 Å². The van der Waals surface area contributed by atoms with Crippen LogP contribution in [0.2, 0.25) is 0 Å². The van der Waals surface area contributed by atoms with Crippen LogP contribution in [0.4, 0.5) is 0 Å². The fraction of sp³-hybridized carbons (Fsp3) is 0.500. The van der Waals surface area contributed by atoms with E-state index in [-0.39, 0.29) is 4.90 Å². The van der Waals surface area contributed by atoms with Gasteiger partial charge in [-0.25, -0.2) is 13.1 Å². The van der Waals surface area contributed by atoms with E-state index < -0.39 is 10.0 Å². The summed E-state index contributed by atoms with van der Waals surface area (Å²) in [5, 5.41) is 0. The molecule has 0 aromatic heterocycles. The molecular formula is C12H18BrNO3S. The molecule has 102 valence electrons. The highest BCUT2D eigenvalue weighted by molar-refractivity contribution is 9.10. The molecule has 1 aromatic rings. The Morgan fingerprint density at radius 2 is 2.06 bits per heavy atom. The molecule has 0 fully saturated rings. The standard InChI is InChI=1S/C12H18BrNO3S/c1-3-5-8-17-12-9-10(6-7-11(12)13)18(15,16)14-4-2/h6-7,9,14H,3-5,8H2,1-2H3. The molecule has 0 heterocycles. The third-order valence-corrected chi connectivity index (χ3v) is 4.50. The predicted molar refractivity (Wildman–Crippen MR) is 75.4 cm³/mol. The van der Waals surface area contributed by atoms with Crippen LogP contribution in [0.5, 0.6) is 5.75 Å². The molecule has 1 rings (SSSR count). The SMILES string of the molecule is CCCCOc1cc(S(=O)(=O)NCC)ccc1Br. The van der Waals surface area contributed by atoms with E-state index in [1.165, 1.54) is 6.07 Å². The molecule has 0 radical (unpaired) electrons. The Labute approximate surface area is 117 Å². The minimum absolute atomic E-state index is 0.221. The summed E-state index contributed by atoms with van der Waals surface area (Å²) in [6.45, 7) is 4.77. The number of nitrogens with one attached hydrogen (secondary N) is 1. The van der Waals surface area contributed by atoms with Crippen molar-refractivity contribution in [3.05, 3.63) is 22.7 Å². The second kappa shape index (κ2) is 7.11. The summed E-state index contributed by atoms with van der Waals surface area (Å²) >= 11 is 3.35. The summed E-state index contributed by atoms with van der Waals surface area (Å²) < 4.78 is 32.5. The van der Waals surface area contributed by atoms with Gasteiger partial charge in [0.1, 0.15) is 5.75 Å². The molecule has 0 aliphatic heterocycles. The van der Waals surface area contributed by atoms with E-state index in [9.17, 15) is 8.42 Å². The molecule has 0 aliphatic rings. The lowest BCUT2D eigenvalue weighted by molar-refractivity contribution is 0.306. The van der Waals surface area contributed by atoms with Gasteiger partial charge in [-0.1, -0.05) is 20.3 Å². The van der Waals surface area contributed by atoms with Crippen molar-refractivity contribution in [1.29, 1.82) is 0 Å². The number of rotatable bonds is 7. The highest BCUT2D eigenvalue weighted by Gasteiger charge is 2.14. The minimum Gasteiger partial charge on any atom is -0.492 e. The highest BCUT2D eigenvalue weighted by atomic mass is 79.9. The minimum atomic E-state index is -3.43. The lowest BCUT2D eigenvalue weighted by Gasteiger charge is -2.10. The second-order valence-electron chi connectivity index (χ2n) is 3.80. The van der Waals surface area contributed by atoms with Crippen LogP contribution in [0.1, 0.15) is 26.7 Å². The van der Waals surface area contributed by atoms with Crippen molar-refractivity contribution in [2.45, 2.75) is 31.6 Å². The van der Waals surface area contributed by atoms with Gasteiger partial charge in [-0.3, -0.25) is 0 Å². The van der Waals surface area contributed by atoms with Gasteiger partial charge in [-0.2, -0.15) is 0 Å². The van der Waals surface area contributed by atoms with Gasteiger partial charge in [0.05, 0.1) is 16.0 Å². The van der Waals surface area contributed by atoms with Crippen molar-refractivity contribution >= 4 is 26.0 Å². The van der Waals surface area contributed by atoms with Crippen LogP contribution < -0.4 is 9.46 Å². The van der Waals surface area contributed by atoms with Crippen molar-refractivity contribution in [2.24, 2.45) is 0 Å². The Hall–Kier alpha value is -0.590. The van der Waals surface area contributed by atoms with Crippen molar-refractivity contribution in [2.75, 3.05) is 13.2 Å². The molecule has 18 heavy (non-hydrogen) atoms. The van der Waals surface area contributed by atoms with Crippen molar-refractivity contribution in [3.63, 3.8) is 0 Å². The third-order valence-electron chi connectivity index (χ3n) is 2.30. The zero-order valence-electron chi connectivity index (χ0n) is 10.6. The largest absolute Gasteiger partial charge is 0.492 e. The predicted octanol–water partition coefficient (Wildman–Crippen LogP) is 2.93. The van der Waals surface area contributed by atoms with Crippen LogP contribution in [0.15, 0.2) is 27.6 Å². The molecule has 1 aromatic carbocycles. The van der Waals surface area contributed by atoms with Gasteiger partial charge in [-0.05, 0) is 34.5 Å². The van der Waals surface area contributed by atoms with Gasteiger partial charge in [0, 0.05) is 12.6 Å². The smallest absolute Gasteiger partial charge is 0.240 e. The highest BCUT2D eigenvalue weighted by Crippen LogP contribution is 2.28. The first-order valence-corrected chi connectivity index (χ1v) is 8.21. The summed E-state index contributed by atoms with van der Waals surface area (Å²) in [6.07, 6.45) is 1.98. The molecule has 0 spiro atoms. The van der Waals surface area contributed by atoms with Crippen LogP contribution >= 0.6 is 15.9 Å². The maximum atomic E-state index is 11.8. The first kappa shape index (κ1) is 15.5. The Kier molecular flexibility index (Phi) is 6.11. The molecule has 0 atom stereocenters. The van der Waals surface area contributed by atoms with E-state index >= 15 is 0 Å². The average Bonchev–Trinajstić information content (AvgIpc) is 2.31. The molecular weight excluding hydrogens is 318 g/mol. The average molecular weight is 336 g/mol. The zero-order valence-corrected chi connectivity index (χ0v) is 13.0. The van der Waals surface area contributed by atoms with E-state index in [4.69, 9.17) is 4.74 Å². The summed E-state index contributed by atoms with van der Waals surface area (Å²) in [4.78, 5) is 0.221. The first-order valence-electron chi connectivity index (χ1n) is 5.93. The van der Waals surface area contributed by atoms with Crippen LogP contribution in [-0.2, 0) is 10.0 Å². The van der Waals surface area contributed by atoms with Gasteiger partial charge >= 0.3 is 0 Å². The summed E-state index contributed by atoms with van der Waals surface area (Å²) in [6, 6.07) is 4.78. The third kappa shape index (κ3) is 4.26. The quantitative estimate of drug-likeness (QED) is 0.779. The van der Waals surface area contributed by atoms with Crippen LogP contribution in [0.25, 0.3) is 0 Å². The molecule has 0 unspecified atom stereocenters. The van der Waals surface area contributed by atoms with E-state index in [0.29, 0.717) is 18.9 Å². The number of halogens is 1. The van der Waals surface area contributed by atoms with E-state index in [2.05, 4.69) is 27.6 Å². The lowest BCUT2D eigenvalue weighted by atomic mass is 10.3. The molecule has 0 amide bonds. The summed E-state index contributed by atoms with van der Waals surface area (Å²) in [5.74, 6) is 0.558. The van der Waals surface area contributed by atoms with Crippen LogP contribution in [0, 0.1) is 0 Å². The van der Waals surface area contributed by atoms with Crippen LogP contribution in [-0.4, -0.2) is 21.6 Å². The number of unbranched alkanes of at least 4 members (excludes halogenated alkanes) is 1. The maximum absolute atomic E-state index is 11.8. The number of hydrogen-bond donors (Lipinski definition) is 1. The molecule has 1 N–H and O–H groups in total. The van der Waals surface area contributed by atoms with E-state index in [0.717, 1.165) is 17.3 Å². The number of ether oxygens (including phenoxy) is 1. The Morgan fingerprint density at radius 3 is 2.67 bits per heavy atom. The van der Waals surface area contributed by atoms with E-state index in [1.54, 1.807) is 19.1 Å². The molecule has 6 heteroatoms. The number of sulfonamides is 1. The van der Waals surface area contributed by atoms with Gasteiger partial charge in [-0.15, -0.1) is 0 Å². The van der Waals surface area contributed by atoms with Crippen molar-refractivity contribution in [3.8, 4) is 5.75 Å². The second-order valence-corrected chi connectivity index (χ2v) is 6.42. The molecule has 4 nitrogen and oxygen atoms in total. The summed E-state index contributed by atoms with van der Waals surface area (Å²) in [5.41, 5.74) is 0.